The number of hydrogen-bond acceptors (Lipinski definition) is 4. The Morgan fingerprint density at radius 1 is 1.18 bits per heavy atom. The largest absolute Gasteiger partial charge is 0.444 e. The maximum absolute atomic E-state index is 12.3. The zero-order valence-electron chi connectivity index (χ0n) is 13.4. The van der Waals surface area contributed by atoms with Gasteiger partial charge in [0.1, 0.15) is 11.6 Å². The third-order valence-electron chi connectivity index (χ3n) is 2.72. The second-order valence-corrected chi connectivity index (χ2v) is 6.08. The number of hydrogen-bond donors (Lipinski definition) is 3. The third-order valence-corrected chi connectivity index (χ3v) is 2.72. The number of amides is 2. The van der Waals surface area contributed by atoms with Gasteiger partial charge in [-0.05, 0) is 33.3 Å². The van der Waals surface area contributed by atoms with E-state index in [0.717, 1.165) is 0 Å². The topological polar surface area (TPSA) is 87.7 Å². The molecule has 1 aromatic carbocycles. The van der Waals surface area contributed by atoms with Gasteiger partial charge in [0.2, 0.25) is 5.91 Å². The molecule has 0 aliphatic carbocycles. The second kappa shape index (κ2) is 7.79. The van der Waals surface area contributed by atoms with Crippen LogP contribution in [0.3, 0.4) is 0 Å². The predicted octanol–water partition coefficient (Wildman–Crippen LogP) is 1.75. The van der Waals surface area contributed by atoms with E-state index in [4.69, 9.17) is 9.84 Å². The summed E-state index contributed by atoms with van der Waals surface area (Å²) in [6, 6.07) is 7.58. The molecule has 1 aromatic rings. The highest BCUT2D eigenvalue weighted by atomic mass is 16.6. The van der Waals surface area contributed by atoms with Gasteiger partial charge in [-0.2, -0.15) is 0 Å². The number of nitrogens with one attached hydrogen (secondary N) is 2. The van der Waals surface area contributed by atoms with Crippen molar-refractivity contribution >= 4 is 12.0 Å². The van der Waals surface area contributed by atoms with E-state index < -0.39 is 29.7 Å². The Balaban J connectivity index is 2.88. The van der Waals surface area contributed by atoms with Gasteiger partial charge in [0.15, 0.2) is 0 Å². The smallest absolute Gasteiger partial charge is 0.408 e. The molecule has 0 bridgehead atoms. The molecular weight excluding hydrogens is 284 g/mol. The molecule has 0 heterocycles. The molecule has 0 radical (unpaired) electrons. The zero-order chi connectivity index (χ0) is 16.8. The van der Waals surface area contributed by atoms with Gasteiger partial charge >= 0.3 is 6.09 Å². The normalized spacial score (nSPS) is 13.9. The van der Waals surface area contributed by atoms with Gasteiger partial charge in [-0.1, -0.05) is 30.3 Å². The molecular formula is C16H24N2O4. The lowest BCUT2D eigenvalue weighted by Crippen LogP contribution is -2.45. The molecule has 0 spiro atoms. The molecule has 2 atom stereocenters. The molecule has 0 aliphatic heterocycles. The van der Waals surface area contributed by atoms with E-state index >= 15 is 0 Å². The lowest BCUT2D eigenvalue weighted by atomic mass is 10.1. The van der Waals surface area contributed by atoms with Crippen molar-refractivity contribution in [2.75, 3.05) is 6.61 Å². The zero-order valence-corrected chi connectivity index (χ0v) is 13.4. The Hall–Kier alpha value is -2.08. The predicted molar refractivity (Wildman–Crippen MR) is 83.2 cm³/mol. The first kappa shape index (κ1) is 18.0. The van der Waals surface area contributed by atoms with Crippen LogP contribution >= 0.6 is 0 Å². The molecule has 6 nitrogen and oxygen atoms in total. The molecule has 2 amide bonds. The van der Waals surface area contributed by atoms with Gasteiger partial charge in [0.25, 0.3) is 0 Å². The molecule has 3 N–H and O–H groups in total. The minimum atomic E-state index is -0.884. The van der Waals surface area contributed by atoms with Crippen LogP contribution in [0.25, 0.3) is 0 Å². The summed E-state index contributed by atoms with van der Waals surface area (Å²) in [5, 5.41) is 14.2. The lowest BCUT2D eigenvalue weighted by molar-refractivity contribution is -0.124. The molecule has 6 heteroatoms. The minimum absolute atomic E-state index is 0.181. The number of aliphatic hydroxyl groups is 1. The number of aliphatic hydroxyl groups excluding tert-OH is 1. The highest BCUT2D eigenvalue weighted by molar-refractivity contribution is 5.87. The van der Waals surface area contributed by atoms with Crippen molar-refractivity contribution in [1.82, 2.24) is 10.6 Å². The SMILES string of the molecule is CC(CO)NC(=O)C(NC(=O)OC(C)(C)C)c1ccccc1. The average Bonchev–Trinajstić information content (AvgIpc) is 2.43. The number of rotatable bonds is 5. The summed E-state index contributed by atoms with van der Waals surface area (Å²) in [6.07, 6.45) is -0.673. The summed E-state index contributed by atoms with van der Waals surface area (Å²) in [6.45, 7) is 6.74. The van der Waals surface area contributed by atoms with Crippen LogP contribution in [-0.4, -0.2) is 35.4 Å². The van der Waals surface area contributed by atoms with Crippen LogP contribution in [0.5, 0.6) is 0 Å². The van der Waals surface area contributed by atoms with Crippen molar-refractivity contribution in [3.05, 3.63) is 35.9 Å². The Morgan fingerprint density at radius 2 is 1.77 bits per heavy atom. The van der Waals surface area contributed by atoms with Crippen molar-refractivity contribution in [2.45, 2.75) is 45.4 Å². The summed E-state index contributed by atoms with van der Waals surface area (Å²) in [5.74, 6) is -0.404. The number of carbonyl (C=O) groups excluding carboxylic acids is 2. The van der Waals surface area contributed by atoms with Crippen molar-refractivity contribution < 1.29 is 19.4 Å². The fourth-order valence-corrected chi connectivity index (χ4v) is 1.74. The monoisotopic (exact) mass is 308 g/mol. The minimum Gasteiger partial charge on any atom is -0.444 e. The first-order valence-corrected chi connectivity index (χ1v) is 7.18. The summed E-state index contributed by atoms with van der Waals surface area (Å²) < 4.78 is 5.19. The molecule has 0 saturated heterocycles. The summed E-state index contributed by atoms with van der Waals surface area (Å²) in [4.78, 5) is 24.3. The number of ether oxygens (including phenoxy) is 1. The molecule has 0 aliphatic rings. The maximum Gasteiger partial charge on any atom is 0.408 e. The summed E-state index contributed by atoms with van der Waals surface area (Å²) >= 11 is 0. The summed E-state index contributed by atoms with van der Waals surface area (Å²) in [5.41, 5.74) is -0.0174. The molecule has 2 unspecified atom stereocenters. The first-order chi connectivity index (χ1) is 10.2. The molecule has 0 fully saturated rings. The first-order valence-electron chi connectivity index (χ1n) is 7.18. The van der Waals surface area contributed by atoms with Gasteiger partial charge in [0, 0.05) is 6.04 Å². The van der Waals surface area contributed by atoms with Gasteiger partial charge in [0.05, 0.1) is 6.61 Å². The van der Waals surface area contributed by atoms with Crippen LogP contribution in [0, 0.1) is 0 Å². The maximum atomic E-state index is 12.3. The number of alkyl carbamates (subject to hydrolysis) is 1. The van der Waals surface area contributed by atoms with E-state index in [2.05, 4.69) is 10.6 Å². The lowest BCUT2D eigenvalue weighted by Gasteiger charge is -2.24. The number of benzene rings is 1. The fourth-order valence-electron chi connectivity index (χ4n) is 1.74. The van der Waals surface area contributed by atoms with Crippen LogP contribution in [0.4, 0.5) is 4.79 Å². The van der Waals surface area contributed by atoms with E-state index in [1.807, 2.05) is 6.07 Å². The van der Waals surface area contributed by atoms with E-state index in [0.29, 0.717) is 5.56 Å². The fraction of sp³-hybridized carbons (Fsp3) is 0.500. The number of carbonyl (C=O) groups is 2. The molecule has 0 aromatic heterocycles. The quantitative estimate of drug-likeness (QED) is 0.773. The van der Waals surface area contributed by atoms with Crippen LogP contribution < -0.4 is 10.6 Å². The summed E-state index contributed by atoms with van der Waals surface area (Å²) in [7, 11) is 0. The Labute approximate surface area is 130 Å². The Bertz CT molecular complexity index is 497. The van der Waals surface area contributed by atoms with Crippen LogP contribution in [0.2, 0.25) is 0 Å². The van der Waals surface area contributed by atoms with Crippen molar-refractivity contribution in [3.8, 4) is 0 Å². The molecule has 1 rings (SSSR count). The van der Waals surface area contributed by atoms with Gasteiger partial charge in [-0.15, -0.1) is 0 Å². The van der Waals surface area contributed by atoms with Crippen LogP contribution in [-0.2, 0) is 9.53 Å². The molecule has 22 heavy (non-hydrogen) atoms. The van der Waals surface area contributed by atoms with E-state index in [1.165, 1.54) is 0 Å². The van der Waals surface area contributed by atoms with Gasteiger partial charge < -0.3 is 20.5 Å². The second-order valence-electron chi connectivity index (χ2n) is 6.08. The highest BCUT2D eigenvalue weighted by Gasteiger charge is 2.26. The Morgan fingerprint density at radius 3 is 2.27 bits per heavy atom. The van der Waals surface area contributed by atoms with E-state index in [9.17, 15) is 9.59 Å². The third kappa shape index (κ3) is 6.13. The standard InChI is InChI=1S/C16H24N2O4/c1-11(10-19)17-14(20)13(12-8-6-5-7-9-12)18-15(21)22-16(2,3)4/h5-9,11,13,19H,10H2,1-4H3,(H,17,20)(H,18,21). The van der Waals surface area contributed by atoms with Crippen molar-refractivity contribution in [1.29, 1.82) is 0 Å². The van der Waals surface area contributed by atoms with Crippen molar-refractivity contribution in [3.63, 3.8) is 0 Å². The highest BCUT2D eigenvalue weighted by Crippen LogP contribution is 2.15. The van der Waals surface area contributed by atoms with Crippen LogP contribution in [0.1, 0.15) is 39.3 Å². The van der Waals surface area contributed by atoms with Gasteiger partial charge in [-0.3, -0.25) is 4.79 Å². The molecule has 0 saturated carbocycles. The average molecular weight is 308 g/mol. The van der Waals surface area contributed by atoms with Crippen LogP contribution in [0.15, 0.2) is 30.3 Å². The van der Waals surface area contributed by atoms with E-state index in [1.54, 1.807) is 52.0 Å². The van der Waals surface area contributed by atoms with Crippen molar-refractivity contribution in [2.24, 2.45) is 0 Å². The van der Waals surface area contributed by atoms with Gasteiger partial charge in [-0.25, -0.2) is 4.79 Å². The molecule has 122 valence electrons. The Kier molecular flexibility index (Phi) is 6.37. The van der Waals surface area contributed by atoms with E-state index in [-0.39, 0.29) is 6.61 Å².